The van der Waals surface area contributed by atoms with Gasteiger partial charge >= 0.3 is 5.97 Å². The first-order valence-corrected chi connectivity index (χ1v) is 6.80. The van der Waals surface area contributed by atoms with Crippen molar-refractivity contribution < 1.29 is 17.9 Å². The second-order valence-corrected chi connectivity index (χ2v) is 5.99. The Bertz CT molecular complexity index is 521. The Morgan fingerprint density at radius 3 is 2.06 bits per heavy atom. The average molecular weight is 256 g/mol. The number of carbonyl (C=O) groups is 1. The molecule has 0 atom stereocenters. The molecule has 0 fully saturated rings. The summed E-state index contributed by atoms with van der Waals surface area (Å²) in [5.74, 6) is -1.36. The van der Waals surface area contributed by atoms with E-state index in [4.69, 9.17) is 0 Å². The Morgan fingerprint density at radius 2 is 1.65 bits per heavy atom. The summed E-state index contributed by atoms with van der Waals surface area (Å²) in [7, 11) is -2.45. The van der Waals surface area contributed by atoms with E-state index in [2.05, 4.69) is 4.74 Å². The fourth-order valence-electron chi connectivity index (χ4n) is 1.94. The van der Waals surface area contributed by atoms with E-state index in [-0.39, 0.29) is 4.90 Å². The normalized spacial score (nSPS) is 11.3. The first-order chi connectivity index (χ1) is 7.77. The molecule has 0 saturated carbocycles. The number of methoxy groups -OCH3 is 1. The molecule has 1 aromatic carbocycles. The molecule has 0 unspecified atom stereocenters. The Kier molecular flexibility index (Phi) is 3.93. The fraction of sp³-hybridized carbons (Fsp3) is 0.417. The minimum absolute atomic E-state index is 0.230. The third-order valence-electron chi connectivity index (χ3n) is 2.45. The molecule has 94 valence electrons. The molecule has 0 radical (unpaired) electrons. The average Bonchev–Trinajstić information content (AvgIpc) is 2.14. The number of hydrogen-bond acceptors (Lipinski definition) is 4. The van der Waals surface area contributed by atoms with Crippen LogP contribution in [0.3, 0.4) is 0 Å². The van der Waals surface area contributed by atoms with Crippen LogP contribution in [0.4, 0.5) is 0 Å². The van der Waals surface area contributed by atoms with E-state index in [9.17, 15) is 13.2 Å². The molecule has 4 nitrogen and oxygen atoms in total. The monoisotopic (exact) mass is 256 g/mol. The highest BCUT2D eigenvalue weighted by molar-refractivity contribution is 7.92. The smallest absolute Gasteiger partial charge is 0.321 e. The largest absolute Gasteiger partial charge is 0.468 e. The van der Waals surface area contributed by atoms with Gasteiger partial charge in [0.2, 0.25) is 0 Å². The van der Waals surface area contributed by atoms with Crippen molar-refractivity contribution >= 4 is 15.8 Å². The molecular formula is C12H16O4S. The zero-order chi connectivity index (χ0) is 13.2. The van der Waals surface area contributed by atoms with Gasteiger partial charge in [0.15, 0.2) is 15.6 Å². The van der Waals surface area contributed by atoms with Crippen LogP contribution in [0.2, 0.25) is 0 Å². The van der Waals surface area contributed by atoms with E-state index in [1.807, 2.05) is 6.92 Å². The van der Waals surface area contributed by atoms with E-state index < -0.39 is 21.6 Å². The minimum Gasteiger partial charge on any atom is -0.468 e. The Morgan fingerprint density at radius 1 is 1.18 bits per heavy atom. The van der Waals surface area contributed by atoms with E-state index in [0.29, 0.717) is 11.1 Å². The van der Waals surface area contributed by atoms with Gasteiger partial charge in [-0.3, -0.25) is 4.79 Å². The third kappa shape index (κ3) is 3.06. The lowest BCUT2D eigenvalue weighted by Gasteiger charge is -2.11. The molecule has 0 spiro atoms. The summed E-state index contributed by atoms with van der Waals surface area (Å²) < 4.78 is 28.5. The molecule has 1 aromatic rings. The van der Waals surface area contributed by atoms with Crippen LogP contribution in [0.1, 0.15) is 16.7 Å². The van der Waals surface area contributed by atoms with Crippen molar-refractivity contribution in [3.05, 3.63) is 28.8 Å². The van der Waals surface area contributed by atoms with Gasteiger partial charge in [-0.1, -0.05) is 17.7 Å². The van der Waals surface area contributed by atoms with Gasteiger partial charge in [-0.15, -0.1) is 0 Å². The molecule has 0 N–H and O–H groups in total. The quantitative estimate of drug-likeness (QED) is 0.770. The summed E-state index contributed by atoms with van der Waals surface area (Å²) in [6, 6.07) is 3.58. The SMILES string of the molecule is COC(=O)CS(=O)(=O)c1c(C)cc(C)cc1C. The molecule has 1 rings (SSSR count). The molecule has 0 aromatic heterocycles. The first-order valence-electron chi connectivity index (χ1n) is 5.15. The third-order valence-corrected chi connectivity index (χ3v) is 4.33. The molecule has 0 bridgehead atoms. The number of benzene rings is 1. The Hall–Kier alpha value is -1.36. The standard InChI is InChI=1S/C12H16O4S/c1-8-5-9(2)12(10(3)6-8)17(14,15)7-11(13)16-4/h5-6H,7H2,1-4H3. The van der Waals surface area contributed by atoms with Gasteiger partial charge in [0.1, 0.15) is 0 Å². The molecule has 0 aliphatic carbocycles. The fourth-order valence-corrected chi connectivity index (χ4v) is 3.62. The topological polar surface area (TPSA) is 60.4 Å². The maximum absolute atomic E-state index is 12.1. The highest BCUT2D eigenvalue weighted by Crippen LogP contribution is 2.22. The van der Waals surface area contributed by atoms with Crippen LogP contribution in [0, 0.1) is 20.8 Å². The van der Waals surface area contributed by atoms with E-state index >= 15 is 0 Å². The number of carbonyl (C=O) groups excluding carboxylic acids is 1. The maximum Gasteiger partial charge on any atom is 0.321 e. The van der Waals surface area contributed by atoms with Gasteiger partial charge in [0.25, 0.3) is 0 Å². The van der Waals surface area contributed by atoms with Crippen LogP contribution in [-0.2, 0) is 19.4 Å². The van der Waals surface area contributed by atoms with Crippen LogP contribution in [0.5, 0.6) is 0 Å². The molecule has 0 amide bonds. The first kappa shape index (κ1) is 13.7. The van der Waals surface area contributed by atoms with Gasteiger partial charge < -0.3 is 4.74 Å². The molecule has 0 aliphatic heterocycles. The van der Waals surface area contributed by atoms with Crippen molar-refractivity contribution in [2.75, 3.05) is 12.9 Å². The summed E-state index contributed by atoms with van der Waals surface area (Å²) in [5.41, 5.74) is 2.31. The van der Waals surface area contributed by atoms with Crippen LogP contribution >= 0.6 is 0 Å². The Labute approximate surface area is 102 Å². The van der Waals surface area contributed by atoms with E-state index in [0.717, 1.165) is 5.56 Å². The number of hydrogen-bond donors (Lipinski definition) is 0. The summed E-state index contributed by atoms with van der Waals surface area (Å²) in [4.78, 5) is 11.3. The van der Waals surface area contributed by atoms with Gasteiger partial charge in [-0.05, 0) is 31.9 Å². The zero-order valence-corrected chi connectivity index (χ0v) is 11.2. The van der Waals surface area contributed by atoms with Crippen LogP contribution in [0.25, 0.3) is 0 Å². The van der Waals surface area contributed by atoms with Crippen LogP contribution < -0.4 is 0 Å². The van der Waals surface area contributed by atoms with Crippen molar-refractivity contribution in [1.29, 1.82) is 0 Å². The number of rotatable bonds is 3. The zero-order valence-electron chi connectivity index (χ0n) is 10.4. The lowest BCUT2D eigenvalue weighted by molar-refractivity contribution is -0.137. The van der Waals surface area contributed by atoms with Crippen molar-refractivity contribution in [2.24, 2.45) is 0 Å². The van der Waals surface area contributed by atoms with Gasteiger partial charge in [0, 0.05) is 0 Å². The second-order valence-electron chi connectivity index (χ2n) is 4.06. The van der Waals surface area contributed by atoms with Crippen LogP contribution in [0.15, 0.2) is 17.0 Å². The molecule has 0 heterocycles. The molecule has 0 saturated heterocycles. The number of esters is 1. The summed E-state index contributed by atoms with van der Waals surface area (Å²) >= 11 is 0. The van der Waals surface area contributed by atoms with E-state index in [1.165, 1.54) is 7.11 Å². The summed E-state index contributed by atoms with van der Waals surface area (Å²) in [6.45, 7) is 5.35. The lowest BCUT2D eigenvalue weighted by atomic mass is 10.1. The van der Waals surface area contributed by atoms with Crippen molar-refractivity contribution in [1.82, 2.24) is 0 Å². The lowest BCUT2D eigenvalue weighted by Crippen LogP contribution is -2.19. The molecule has 5 heteroatoms. The molecule has 0 aliphatic rings. The molecule has 17 heavy (non-hydrogen) atoms. The molecular weight excluding hydrogens is 240 g/mol. The summed E-state index contributed by atoms with van der Waals surface area (Å²) in [5, 5.41) is 0. The number of aryl methyl sites for hydroxylation is 3. The Balaban J connectivity index is 3.29. The van der Waals surface area contributed by atoms with Crippen molar-refractivity contribution in [3.63, 3.8) is 0 Å². The van der Waals surface area contributed by atoms with Gasteiger partial charge in [-0.25, -0.2) is 8.42 Å². The summed E-state index contributed by atoms with van der Waals surface area (Å²) in [6.07, 6.45) is 0. The van der Waals surface area contributed by atoms with Crippen molar-refractivity contribution in [3.8, 4) is 0 Å². The van der Waals surface area contributed by atoms with Crippen LogP contribution in [-0.4, -0.2) is 27.2 Å². The second kappa shape index (κ2) is 4.87. The number of sulfone groups is 1. The highest BCUT2D eigenvalue weighted by atomic mass is 32.2. The maximum atomic E-state index is 12.1. The predicted octanol–water partition coefficient (Wildman–Crippen LogP) is 1.56. The van der Waals surface area contributed by atoms with Crippen molar-refractivity contribution in [2.45, 2.75) is 25.7 Å². The van der Waals surface area contributed by atoms with Gasteiger partial charge in [0.05, 0.1) is 12.0 Å². The van der Waals surface area contributed by atoms with Gasteiger partial charge in [-0.2, -0.15) is 0 Å². The predicted molar refractivity (Wildman–Crippen MR) is 64.7 cm³/mol. The minimum atomic E-state index is -3.62. The number of ether oxygens (including phenoxy) is 1. The van der Waals surface area contributed by atoms with E-state index in [1.54, 1.807) is 26.0 Å². The highest BCUT2D eigenvalue weighted by Gasteiger charge is 2.23.